The molecule has 48 heavy (non-hydrogen) atoms. The Hall–Kier alpha value is -1.27. The van der Waals surface area contributed by atoms with Gasteiger partial charge in [-0.2, -0.15) is 0 Å². The smallest absolute Gasteiger partial charge is 0.460 e. The Morgan fingerprint density at radius 1 is 0.896 bits per heavy atom. The molecule has 0 amide bonds. The summed E-state index contributed by atoms with van der Waals surface area (Å²) in [5, 5.41) is 0. The van der Waals surface area contributed by atoms with Crippen molar-refractivity contribution in [2.24, 2.45) is 11.8 Å². The van der Waals surface area contributed by atoms with Gasteiger partial charge in [0.1, 0.15) is 11.7 Å². The molecule has 0 spiro atoms. The van der Waals surface area contributed by atoms with E-state index in [2.05, 4.69) is 101 Å². The van der Waals surface area contributed by atoms with Crippen LogP contribution < -0.4 is 0 Å². The number of rotatable bonds is 18. The molecule has 272 valence electrons. The second-order valence-electron chi connectivity index (χ2n) is 15.5. The minimum absolute atomic E-state index is 0.0965. The van der Waals surface area contributed by atoms with Gasteiger partial charge in [0.2, 0.25) is 0 Å². The lowest BCUT2D eigenvalue weighted by atomic mass is 9.73. The quantitative estimate of drug-likeness (QED) is 0.111. The summed E-state index contributed by atoms with van der Waals surface area (Å²) in [5.41, 5.74) is 0.356. The van der Waals surface area contributed by atoms with E-state index in [0.717, 1.165) is 47.3 Å². The van der Waals surface area contributed by atoms with E-state index >= 15 is 0 Å². The number of carbonyl (C=O) groups excluding carboxylic acids is 1. The maximum atomic E-state index is 14.5. The van der Waals surface area contributed by atoms with Crippen LogP contribution in [0.25, 0.3) is 0 Å². The van der Waals surface area contributed by atoms with E-state index in [1.54, 1.807) is 0 Å². The van der Waals surface area contributed by atoms with Crippen LogP contribution in [0.2, 0.25) is 36.3 Å². The van der Waals surface area contributed by atoms with Gasteiger partial charge >= 0.3 is 13.1 Å². The van der Waals surface area contributed by atoms with Crippen LogP contribution in [0.15, 0.2) is 41.9 Å². The van der Waals surface area contributed by atoms with Gasteiger partial charge in [-0.25, -0.2) is 4.79 Å². The summed E-state index contributed by atoms with van der Waals surface area (Å²) in [6.45, 7) is 29.0. The third kappa shape index (κ3) is 8.96. The normalized spacial score (nSPS) is 26.0. The molecule has 0 aliphatic carbocycles. The predicted molar refractivity (Wildman–Crippen MR) is 202 cm³/mol. The zero-order chi connectivity index (χ0) is 36.0. The van der Waals surface area contributed by atoms with Gasteiger partial charge in [0, 0.05) is 18.3 Å². The fraction of sp³-hybridized carbons (Fsp3) is 0.763. The molecule has 0 radical (unpaired) electrons. The summed E-state index contributed by atoms with van der Waals surface area (Å²) in [5.74, 6) is -0.510. The average Bonchev–Trinajstić information content (AvgIpc) is 3.30. The van der Waals surface area contributed by atoms with Crippen molar-refractivity contribution < 1.29 is 32.4 Å². The zero-order valence-corrected chi connectivity index (χ0v) is 34.6. The molecule has 2 fully saturated rings. The summed E-state index contributed by atoms with van der Waals surface area (Å²) >= 11 is 0. The van der Waals surface area contributed by atoms with Crippen molar-refractivity contribution >= 4 is 29.7 Å². The number of hydrogen-bond donors (Lipinski definition) is 0. The largest absolute Gasteiger partial charge is 0.489 e. The molecule has 0 saturated carbocycles. The van der Waals surface area contributed by atoms with Gasteiger partial charge in [-0.1, -0.05) is 91.8 Å². The topological polar surface area (TPSA) is 72.5 Å². The Morgan fingerprint density at radius 3 is 1.92 bits per heavy atom. The van der Waals surface area contributed by atoms with Gasteiger partial charge in [-0.3, -0.25) is 0 Å². The van der Waals surface area contributed by atoms with Crippen molar-refractivity contribution in [3.63, 3.8) is 0 Å². The highest BCUT2D eigenvalue weighted by Crippen LogP contribution is 2.46. The van der Waals surface area contributed by atoms with Gasteiger partial charge in [0.15, 0.2) is 22.7 Å². The third-order valence-corrected chi connectivity index (χ3v) is 21.4. The number of benzene rings is 1. The van der Waals surface area contributed by atoms with Crippen molar-refractivity contribution in [2.75, 3.05) is 6.61 Å². The van der Waals surface area contributed by atoms with Crippen LogP contribution in [0.4, 0.5) is 0 Å². The Kier molecular flexibility index (Phi) is 14.4. The molecule has 1 aromatic rings. The van der Waals surface area contributed by atoms with Crippen LogP contribution in [0.3, 0.4) is 0 Å². The Morgan fingerprint density at radius 2 is 1.42 bits per heavy atom. The summed E-state index contributed by atoms with van der Waals surface area (Å²) < 4.78 is 40.4. The highest BCUT2D eigenvalue weighted by atomic mass is 28.4. The van der Waals surface area contributed by atoms with E-state index in [1.165, 1.54) is 0 Å². The highest BCUT2D eigenvalue weighted by molar-refractivity contribution is 6.74. The Balaban J connectivity index is 2.08. The SMILES string of the molecule is CC[Si](CC)(CC)O[C@H]1C(=O)O[C@H]([C@H](C)/C=C(/C)B2OC(C)(C)C(C)(C)O2)C[C@]1(O[Si](CC)(CC)CC)[C@H](C)COCc1ccccc1. The molecule has 3 rings (SSSR count). The van der Waals surface area contributed by atoms with Crippen molar-refractivity contribution in [2.45, 2.75) is 168 Å². The minimum Gasteiger partial charge on any atom is -0.460 e. The number of esters is 1. The molecule has 2 aliphatic heterocycles. The summed E-state index contributed by atoms with van der Waals surface area (Å²) in [7, 11) is -4.95. The Labute approximate surface area is 295 Å². The molecule has 5 atom stereocenters. The zero-order valence-electron chi connectivity index (χ0n) is 32.6. The number of ether oxygens (including phenoxy) is 2. The maximum Gasteiger partial charge on any atom is 0.489 e. The number of hydrogen-bond acceptors (Lipinski definition) is 7. The number of allylic oxidation sites excluding steroid dienone is 1. The molecule has 0 aromatic heterocycles. The van der Waals surface area contributed by atoms with E-state index in [-0.39, 0.29) is 17.8 Å². The first-order chi connectivity index (χ1) is 22.5. The molecule has 7 nitrogen and oxygen atoms in total. The fourth-order valence-corrected chi connectivity index (χ4v) is 13.2. The van der Waals surface area contributed by atoms with Crippen molar-refractivity contribution in [3.8, 4) is 0 Å². The minimum atomic E-state index is -2.25. The average molecular weight is 703 g/mol. The van der Waals surface area contributed by atoms with Crippen LogP contribution in [-0.2, 0) is 39.0 Å². The number of cyclic esters (lactones) is 1. The van der Waals surface area contributed by atoms with Gasteiger partial charge in [-0.15, -0.1) is 0 Å². The second-order valence-corrected chi connectivity index (χ2v) is 24.9. The van der Waals surface area contributed by atoms with E-state index in [1.807, 2.05) is 25.1 Å². The molecule has 0 bridgehead atoms. The standard InChI is InChI=1S/C38H67BO7Si2/c1-14-47(15-2,16-3)43-34-35(40)42-33(29(7)25-31(9)39-44-36(10,11)37(12,13)45-39)26-38(34,46-48(17-4,18-5)19-6)30(8)27-41-28-32-23-21-20-22-24-32/h20-25,29-30,33-34H,14-19,26-28H2,1-13H3/b31-25-/t29-,30-,33+,34+,38+/m1/s1. The van der Waals surface area contributed by atoms with Crippen LogP contribution in [0.1, 0.15) is 102 Å². The first kappa shape index (κ1) is 41.2. The maximum absolute atomic E-state index is 14.5. The van der Waals surface area contributed by atoms with Crippen LogP contribution in [-0.4, -0.2) is 65.3 Å². The fourth-order valence-electron chi connectivity index (χ4n) is 7.29. The van der Waals surface area contributed by atoms with E-state index < -0.39 is 52.8 Å². The molecule has 2 saturated heterocycles. The third-order valence-electron chi connectivity index (χ3n) is 12.1. The first-order valence-electron chi connectivity index (χ1n) is 18.8. The molecule has 2 aliphatic rings. The van der Waals surface area contributed by atoms with Crippen LogP contribution in [0.5, 0.6) is 0 Å². The summed E-state index contributed by atoms with van der Waals surface area (Å²) in [6.07, 6.45) is 1.51. The van der Waals surface area contributed by atoms with E-state index in [9.17, 15) is 4.79 Å². The monoisotopic (exact) mass is 702 g/mol. The highest BCUT2D eigenvalue weighted by Gasteiger charge is 2.60. The number of carbonyl (C=O) groups is 1. The van der Waals surface area contributed by atoms with Crippen LogP contribution >= 0.6 is 0 Å². The lowest BCUT2D eigenvalue weighted by Crippen LogP contribution is -2.68. The van der Waals surface area contributed by atoms with Crippen LogP contribution in [0, 0.1) is 11.8 Å². The lowest BCUT2D eigenvalue weighted by molar-refractivity contribution is -0.208. The van der Waals surface area contributed by atoms with Crippen molar-refractivity contribution in [1.82, 2.24) is 0 Å². The van der Waals surface area contributed by atoms with E-state index in [4.69, 9.17) is 27.6 Å². The molecule has 1 aromatic carbocycles. The summed E-state index contributed by atoms with van der Waals surface area (Å²) in [6, 6.07) is 16.0. The molecule has 0 unspecified atom stereocenters. The Bertz CT molecular complexity index is 1170. The second kappa shape index (κ2) is 16.8. The van der Waals surface area contributed by atoms with Crippen molar-refractivity contribution in [1.29, 1.82) is 0 Å². The van der Waals surface area contributed by atoms with Crippen molar-refractivity contribution in [3.05, 3.63) is 47.4 Å². The molecule has 0 N–H and O–H groups in total. The lowest BCUT2D eigenvalue weighted by Gasteiger charge is -2.54. The van der Waals surface area contributed by atoms with Gasteiger partial charge in [0.05, 0.1) is 24.4 Å². The molecule has 10 heteroatoms. The molecule has 2 heterocycles. The molecular weight excluding hydrogens is 635 g/mol. The van der Waals surface area contributed by atoms with Gasteiger partial charge in [-0.05, 0) is 81.9 Å². The van der Waals surface area contributed by atoms with E-state index in [0.29, 0.717) is 19.6 Å². The summed E-state index contributed by atoms with van der Waals surface area (Å²) in [4.78, 5) is 14.5. The van der Waals surface area contributed by atoms with Gasteiger partial charge < -0.3 is 27.6 Å². The first-order valence-corrected chi connectivity index (χ1v) is 23.8. The molecular formula is C38H67BO7Si2. The predicted octanol–water partition coefficient (Wildman–Crippen LogP) is 9.52. The van der Waals surface area contributed by atoms with Gasteiger partial charge in [0.25, 0.3) is 0 Å².